The molecule has 2 aromatic rings. The number of nitrogens with zero attached hydrogens (tertiary/aromatic N) is 1. The third-order valence-electron chi connectivity index (χ3n) is 4.16. The van der Waals surface area contributed by atoms with Crippen LogP contribution in [0.15, 0.2) is 48.5 Å². The average molecular weight is 359 g/mol. The molecule has 1 heterocycles. The minimum absolute atomic E-state index is 0.214. The summed E-state index contributed by atoms with van der Waals surface area (Å²) in [7, 11) is 0. The third kappa shape index (κ3) is 3.60. The SMILES string of the molecule is NCC1CN(c2ccc(C(NC(=O)O)c3ccccc3F)cc2)C(=O)O1. The summed E-state index contributed by atoms with van der Waals surface area (Å²) in [6.07, 6.45) is -2.11. The van der Waals surface area contributed by atoms with Crippen molar-refractivity contribution in [2.75, 3.05) is 18.0 Å². The molecule has 1 fully saturated rings. The predicted molar refractivity (Wildman–Crippen MR) is 92.5 cm³/mol. The summed E-state index contributed by atoms with van der Waals surface area (Å²) in [5.74, 6) is -0.510. The van der Waals surface area contributed by atoms with Gasteiger partial charge in [0.15, 0.2) is 0 Å². The minimum Gasteiger partial charge on any atom is -0.465 e. The molecule has 1 saturated heterocycles. The van der Waals surface area contributed by atoms with E-state index in [0.717, 1.165) is 0 Å². The van der Waals surface area contributed by atoms with Crippen LogP contribution in [0.2, 0.25) is 0 Å². The molecule has 136 valence electrons. The number of benzene rings is 2. The number of hydrogen-bond donors (Lipinski definition) is 3. The van der Waals surface area contributed by atoms with Crippen molar-refractivity contribution in [3.8, 4) is 0 Å². The highest BCUT2D eigenvalue weighted by atomic mass is 19.1. The lowest BCUT2D eigenvalue weighted by molar-refractivity contribution is 0.145. The van der Waals surface area contributed by atoms with E-state index in [9.17, 15) is 14.0 Å². The molecule has 1 aliphatic rings. The van der Waals surface area contributed by atoms with E-state index in [1.807, 2.05) is 0 Å². The Morgan fingerprint density at radius 1 is 1.31 bits per heavy atom. The molecule has 2 amide bonds. The van der Waals surface area contributed by atoms with E-state index in [1.165, 1.54) is 23.1 Å². The molecule has 0 radical (unpaired) electrons. The number of nitrogens with one attached hydrogen (secondary N) is 1. The molecule has 0 spiro atoms. The van der Waals surface area contributed by atoms with Crippen LogP contribution in [0.25, 0.3) is 0 Å². The molecule has 8 heteroatoms. The van der Waals surface area contributed by atoms with Gasteiger partial charge in [-0.25, -0.2) is 14.0 Å². The number of nitrogens with two attached hydrogens (primary N) is 1. The summed E-state index contributed by atoms with van der Waals surface area (Å²) < 4.78 is 19.2. The standard InChI is InChI=1S/C18H18FN3O4/c19-15-4-2-1-3-14(15)16(21-17(23)24)11-5-7-12(8-6-11)22-10-13(9-20)26-18(22)25/h1-8,13,16,21H,9-10,20H2,(H,23,24). The predicted octanol–water partition coefficient (Wildman–Crippen LogP) is 2.47. The third-order valence-corrected chi connectivity index (χ3v) is 4.16. The number of hydrogen-bond acceptors (Lipinski definition) is 4. The highest BCUT2D eigenvalue weighted by Gasteiger charge is 2.31. The van der Waals surface area contributed by atoms with Crippen molar-refractivity contribution >= 4 is 17.9 Å². The van der Waals surface area contributed by atoms with Gasteiger partial charge in [0.05, 0.1) is 12.6 Å². The van der Waals surface area contributed by atoms with Crippen LogP contribution in [0.3, 0.4) is 0 Å². The first-order valence-corrected chi connectivity index (χ1v) is 8.01. The van der Waals surface area contributed by atoms with Gasteiger partial charge in [-0.1, -0.05) is 30.3 Å². The van der Waals surface area contributed by atoms with Crippen LogP contribution in [-0.2, 0) is 4.74 Å². The molecule has 2 atom stereocenters. The maximum Gasteiger partial charge on any atom is 0.414 e. The van der Waals surface area contributed by atoms with Crippen LogP contribution in [0.5, 0.6) is 0 Å². The monoisotopic (exact) mass is 359 g/mol. The van der Waals surface area contributed by atoms with Crippen LogP contribution in [-0.4, -0.2) is 36.5 Å². The first-order chi connectivity index (χ1) is 12.5. The summed E-state index contributed by atoms with van der Waals surface area (Å²) >= 11 is 0. The molecule has 0 saturated carbocycles. The molecule has 26 heavy (non-hydrogen) atoms. The number of ether oxygens (including phenoxy) is 1. The van der Waals surface area contributed by atoms with Crippen molar-refractivity contribution in [2.45, 2.75) is 12.1 Å². The van der Waals surface area contributed by atoms with Gasteiger partial charge >= 0.3 is 12.2 Å². The summed E-state index contributed by atoms with van der Waals surface area (Å²) in [6, 6.07) is 11.7. The molecule has 1 aliphatic heterocycles. The summed E-state index contributed by atoms with van der Waals surface area (Å²) in [5, 5.41) is 11.4. The molecule has 4 N–H and O–H groups in total. The maximum absolute atomic E-state index is 14.1. The fraction of sp³-hybridized carbons (Fsp3) is 0.222. The average Bonchev–Trinajstić information content (AvgIpc) is 3.01. The first kappa shape index (κ1) is 17.7. The maximum atomic E-state index is 14.1. The van der Waals surface area contributed by atoms with E-state index in [-0.39, 0.29) is 18.2 Å². The second-order valence-electron chi connectivity index (χ2n) is 5.85. The Labute approximate surface area is 149 Å². The number of carbonyl (C=O) groups is 2. The van der Waals surface area contributed by atoms with E-state index in [4.69, 9.17) is 15.6 Å². The van der Waals surface area contributed by atoms with E-state index in [2.05, 4.69) is 5.32 Å². The largest absolute Gasteiger partial charge is 0.465 e. The molecule has 0 bridgehead atoms. The second-order valence-corrected chi connectivity index (χ2v) is 5.85. The van der Waals surface area contributed by atoms with E-state index in [0.29, 0.717) is 17.8 Å². The van der Waals surface area contributed by atoms with Crippen LogP contribution in [0.4, 0.5) is 19.7 Å². The molecule has 2 aromatic carbocycles. The number of halogens is 1. The summed E-state index contributed by atoms with van der Waals surface area (Å²) in [5.41, 5.74) is 6.88. The smallest absolute Gasteiger partial charge is 0.414 e. The number of carboxylic acid groups (broad SMARTS) is 1. The summed E-state index contributed by atoms with van der Waals surface area (Å²) in [6.45, 7) is 0.580. The summed E-state index contributed by atoms with van der Waals surface area (Å²) in [4.78, 5) is 24.5. The quantitative estimate of drug-likeness (QED) is 0.761. The number of amides is 2. The number of rotatable bonds is 5. The van der Waals surface area contributed by atoms with Crippen molar-refractivity contribution < 1.29 is 23.8 Å². The van der Waals surface area contributed by atoms with Gasteiger partial charge in [0.2, 0.25) is 0 Å². The Morgan fingerprint density at radius 3 is 2.58 bits per heavy atom. The zero-order valence-electron chi connectivity index (χ0n) is 13.8. The van der Waals surface area contributed by atoms with Crippen molar-refractivity contribution in [1.29, 1.82) is 0 Å². The molecular formula is C18H18FN3O4. The zero-order valence-corrected chi connectivity index (χ0v) is 13.8. The van der Waals surface area contributed by atoms with Crippen LogP contribution < -0.4 is 16.0 Å². The first-order valence-electron chi connectivity index (χ1n) is 8.01. The molecular weight excluding hydrogens is 341 g/mol. The number of cyclic esters (lactones) is 1. The van der Waals surface area contributed by atoms with Gasteiger partial charge < -0.3 is 20.9 Å². The van der Waals surface area contributed by atoms with Gasteiger partial charge in [-0.3, -0.25) is 4.90 Å². The van der Waals surface area contributed by atoms with Crippen molar-refractivity contribution in [2.24, 2.45) is 5.73 Å². The minimum atomic E-state index is -1.27. The van der Waals surface area contributed by atoms with Crippen LogP contribution >= 0.6 is 0 Å². The van der Waals surface area contributed by atoms with Crippen molar-refractivity contribution in [3.63, 3.8) is 0 Å². The van der Waals surface area contributed by atoms with Crippen LogP contribution in [0.1, 0.15) is 17.2 Å². The number of carbonyl (C=O) groups excluding carboxylic acids is 1. The molecule has 0 aromatic heterocycles. The lowest BCUT2D eigenvalue weighted by Crippen LogP contribution is -2.29. The van der Waals surface area contributed by atoms with Gasteiger partial charge in [-0.05, 0) is 23.8 Å². The fourth-order valence-corrected chi connectivity index (χ4v) is 2.88. The molecule has 0 aliphatic carbocycles. The van der Waals surface area contributed by atoms with E-state index >= 15 is 0 Å². The van der Waals surface area contributed by atoms with E-state index < -0.39 is 24.0 Å². The Balaban J connectivity index is 1.88. The zero-order chi connectivity index (χ0) is 18.7. The topological polar surface area (TPSA) is 105 Å². The Morgan fingerprint density at radius 2 is 2.00 bits per heavy atom. The molecule has 3 rings (SSSR count). The molecule has 7 nitrogen and oxygen atoms in total. The Hall–Kier alpha value is -3.13. The van der Waals surface area contributed by atoms with Gasteiger partial charge in [-0.2, -0.15) is 0 Å². The van der Waals surface area contributed by atoms with Crippen molar-refractivity contribution in [1.82, 2.24) is 5.32 Å². The fourth-order valence-electron chi connectivity index (χ4n) is 2.88. The Bertz CT molecular complexity index is 812. The normalized spacial score (nSPS) is 17.7. The lowest BCUT2D eigenvalue weighted by Gasteiger charge is -2.20. The highest BCUT2D eigenvalue weighted by molar-refractivity contribution is 5.89. The van der Waals surface area contributed by atoms with E-state index in [1.54, 1.807) is 30.3 Å². The highest BCUT2D eigenvalue weighted by Crippen LogP contribution is 2.28. The van der Waals surface area contributed by atoms with Gasteiger partial charge in [0.25, 0.3) is 0 Å². The van der Waals surface area contributed by atoms with Crippen molar-refractivity contribution in [3.05, 3.63) is 65.5 Å². The second kappa shape index (κ2) is 7.40. The molecule has 2 unspecified atom stereocenters. The van der Waals surface area contributed by atoms with Gasteiger partial charge in [0.1, 0.15) is 11.9 Å². The Kier molecular flexibility index (Phi) is 5.04. The number of anilines is 1. The van der Waals surface area contributed by atoms with Gasteiger partial charge in [0, 0.05) is 17.8 Å². The van der Waals surface area contributed by atoms with Crippen LogP contribution in [0, 0.1) is 5.82 Å². The van der Waals surface area contributed by atoms with Gasteiger partial charge in [-0.15, -0.1) is 0 Å². The lowest BCUT2D eigenvalue weighted by atomic mass is 9.98.